The lowest BCUT2D eigenvalue weighted by Crippen LogP contribution is -2.11. The van der Waals surface area contributed by atoms with Crippen LogP contribution in [0.5, 0.6) is 5.75 Å². The highest BCUT2D eigenvalue weighted by Gasteiger charge is 2.15. The Hall–Kier alpha value is -2.32. The van der Waals surface area contributed by atoms with Gasteiger partial charge in [-0.15, -0.1) is 10.2 Å². The van der Waals surface area contributed by atoms with Gasteiger partial charge in [0, 0.05) is 10.7 Å². The Morgan fingerprint density at radius 3 is 2.86 bits per heavy atom. The number of pyridine rings is 1. The van der Waals surface area contributed by atoms with Gasteiger partial charge in [-0.25, -0.2) is 0 Å². The SMILES string of the molecule is O=C(Nc1nnc(-c2ccccn2)s1)c1cc(Br)ccc1O. The molecule has 0 saturated heterocycles. The number of benzene rings is 1. The summed E-state index contributed by atoms with van der Waals surface area (Å²) in [6.45, 7) is 0. The molecule has 2 heterocycles. The number of carbonyl (C=O) groups excluding carboxylic acids is 1. The van der Waals surface area contributed by atoms with Gasteiger partial charge in [-0.2, -0.15) is 0 Å². The number of carbonyl (C=O) groups is 1. The van der Waals surface area contributed by atoms with Gasteiger partial charge in [-0.1, -0.05) is 33.3 Å². The van der Waals surface area contributed by atoms with Crippen molar-refractivity contribution in [3.63, 3.8) is 0 Å². The van der Waals surface area contributed by atoms with Crippen molar-refractivity contribution in [1.82, 2.24) is 15.2 Å². The lowest BCUT2D eigenvalue weighted by Gasteiger charge is -2.04. The molecule has 0 radical (unpaired) electrons. The summed E-state index contributed by atoms with van der Waals surface area (Å²) in [6, 6.07) is 10.1. The van der Waals surface area contributed by atoms with E-state index in [1.807, 2.05) is 18.2 Å². The summed E-state index contributed by atoms with van der Waals surface area (Å²) in [5, 5.41) is 21.2. The standard InChI is InChI=1S/C14H9BrN4O2S/c15-8-4-5-11(20)9(7-8)12(21)17-14-19-18-13(22-14)10-3-1-2-6-16-10/h1-7,20H,(H,17,19,21). The number of rotatable bonds is 3. The molecule has 1 amide bonds. The van der Waals surface area contributed by atoms with Crippen molar-refractivity contribution in [1.29, 1.82) is 0 Å². The third-order valence-corrected chi connectivity index (χ3v) is 4.09. The molecule has 0 fully saturated rings. The number of amides is 1. The van der Waals surface area contributed by atoms with Crippen LogP contribution in [0.15, 0.2) is 47.1 Å². The largest absolute Gasteiger partial charge is 0.507 e. The summed E-state index contributed by atoms with van der Waals surface area (Å²) in [5.41, 5.74) is 0.842. The molecule has 0 atom stereocenters. The molecule has 2 N–H and O–H groups in total. The van der Waals surface area contributed by atoms with E-state index in [2.05, 4.69) is 36.4 Å². The average molecular weight is 377 g/mol. The highest BCUT2D eigenvalue weighted by atomic mass is 79.9. The Labute approximate surface area is 138 Å². The molecule has 0 spiro atoms. The first-order valence-electron chi connectivity index (χ1n) is 6.18. The fraction of sp³-hybridized carbons (Fsp3) is 0. The van der Waals surface area contributed by atoms with Gasteiger partial charge in [0.1, 0.15) is 11.4 Å². The van der Waals surface area contributed by atoms with E-state index in [1.165, 1.54) is 23.5 Å². The molecule has 0 bridgehead atoms. The maximum atomic E-state index is 12.2. The topological polar surface area (TPSA) is 88.0 Å². The zero-order valence-electron chi connectivity index (χ0n) is 11.0. The van der Waals surface area contributed by atoms with Crippen LogP contribution in [0.25, 0.3) is 10.7 Å². The molecular weight excluding hydrogens is 368 g/mol. The molecule has 3 rings (SSSR count). The highest BCUT2D eigenvalue weighted by Crippen LogP contribution is 2.26. The van der Waals surface area contributed by atoms with Gasteiger partial charge in [-0.05, 0) is 30.3 Å². The van der Waals surface area contributed by atoms with Crippen LogP contribution < -0.4 is 5.32 Å². The first-order chi connectivity index (χ1) is 10.6. The minimum atomic E-state index is -0.456. The highest BCUT2D eigenvalue weighted by molar-refractivity contribution is 9.10. The lowest BCUT2D eigenvalue weighted by atomic mass is 10.2. The normalized spacial score (nSPS) is 10.4. The fourth-order valence-electron chi connectivity index (χ4n) is 1.72. The van der Waals surface area contributed by atoms with Crippen LogP contribution in [0.4, 0.5) is 5.13 Å². The smallest absolute Gasteiger partial charge is 0.261 e. The Morgan fingerprint density at radius 2 is 2.09 bits per heavy atom. The van der Waals surface area contributed by atoms with E-state index in [9.17, 15) is 9.90 Å². The predicted octanol–water partition coefficient (Wildman–Crippen LogP) is 3.32. The third-order valence-electron chi connectivity index (χ3n) is 2.73. The molecule has 8 heteroatoms. The van der Waals surface area contributed by atoms with E-state index in [4.69, 9.17) is 0 Å². The third kappa shape index (κ3) is 3.12. The van der Waals surface area contributed by atoms with Crippen molar-refractivity contribution >= 4 is 38.3 Å². The lowest BCUT2D eigenvalue weighted by molar-refractivity contribution is 0.102. The van der Waals surface area contributed by atoms with Crippen LogP contribution >= 0.6 is 27.3 Å². The van der Waals surface area contributed by atoms with Gasteiger partial charge in [0.25, 0.3) is 5.91 Å². The monoisotopic (exact) mass is 376 g/mol. The molecule has 3 aromatic rings. The van der Waals surface area contributed by atoms with Gasteiger partial charge in [0.15, 0.2) is 5.01 Å². The van der Waals surface area contributed by atoms with Crippen molar-refractivity contribution in [2.24, 2.45) is 0 Å². The van der Waals surface area contributed by atoms with Gasteiger partial charge >= 0.3 is 0 Å². The van der Waals surface area contributed by atoms with E-state index >= 15 is 0 Å². The van der Waals surface area contributed by atoms with E-state index in [-0.39, 0.29) is 11.3 Å². The Morgan fingerprint density at radius 1 is 1.23 bits per heavy atom. The molecule has 0 unspecified atom stereocenters. The number of phenols is 1. The summed E-state index contributed by atoms with van der Waals surface area (Å²) >= 11 is 4.47. The van der Waals surface area contributed by atoms with Gasteiger partial charge < -0.3 is 5.11 Å². The van der Waals surface area contributed by atoms with E-state index in [1.54, 1.807) is 12.3 Å². The Balaban J connectivity index is 1.81. The van der Waals surface area contributed by atoms with Crippen LogP contribution in [-0.4, -0.2) is 26.2 Å². The molecule has 0 aliphatic heterocycles. The number of aromatic hydroxyl groups is 1. The van der Waals surface area contributed by atoms with Crippen molar-refractivity contribution in [3.8, 4) is 16.5 Å². The number of hydrogen-bond donors (Lipinski definition) is 2. The first-order valence-corrected chi connectivity index (χ1v) is 7.79. The molecule has 0 aliphatic carbocycles. The van der Waals surface area contributed by atoms with Crippen LogP contribution in [0.3, 0.4) is 0 Å². The molecule has 22 heavy (non-hydrogen) atoms. The van der Waals surface area contributed by atoms with Crippen molar-refractivity contribution in [2.75, 3.05) is 5.32 Å². The summed E-state index contributed by atoms with van der Waals surface area (Å²) in [7, 11) is 0. The van der Waals surface area contributed by atoms with Crippen LogP contribution in [0.1, 0.15) is 10.4 Å². The second kappa shape index (κ2) is 6.20. The number of halogens is 1. The van der Waals surface area contributed by atoms with Gasteiger partial charge in [0.2, 0.25) is 5.13 Å². The summed E-state index contributed by atoms with van der Waals surface area (Å²) in [6.07, 6.45) is 1.66. The van der Waals surface area contributed by atoms with Crippen molar-refractivity contribution in [2.45, 2.75) is 0 Å². The molecule has 0 aliphatic rings. The quantitative estimate of drug-likeness (QED) is 0.731. The maximum absolute atomic E-state index is 12.2. The second-order valence-corrected chi connectivity index (χ2v) is 6.14. The zero-order chi connectivity index (χ0) is 15.5. The minimum Gasteiger partial charge on any atom is -0.507 e. The molecular formula is C14H9BrN4O2S. The molecule has 2 aromatic heterocycles. The average Bonchev–Trinajstić information content (AvgIpc) is 2.99. The number of aromatic nitrogens is 3. The fourth-order valence-corrected chi connectivity index (χ4v) is 2.80. The predicted molar refractivity (Wildman–Crippen MR) is 86.9 cm³/mol. The van der Waals surface area contributed by atoms with E-state index in [0.717, 1.165) is 0 Å². The number of hydrogen-bond acceptors (Lipinski definition) is 6. The molecule has 6 nitrogen and oxygen atoms in total. The summed E-state index contributed by atoms with van der Waals surface area (Å²) < 4.78 is 0.696. The minimum absolute atomic E-state index is 0.102. The van der Waals surface area contributed by atoms with E-state index in [0.29, 0.717) is 20.3 Å². The summed E-state index contributed by atoms with van der Waals surface area (Å²) in [4.78, 5) is 16.3. The van der Waals surface area contributed by atoms with Crippen LogP contribution in [-0.2, 0) is 0 Å². The Kier molecular flexibility index (Phi) is 4.12. The number of phenolic OH excluding ortho intramolecular Hbond substituents is 1. The van der Waals surface area contributed by atoms with Crippen molar-refractivity contribution in [3.05, 3.63) is 52.6 Å². The number of nitrogens with zero attached hydrogens (tertiary/aromatic N) is 3. The zero-order valence-corrected chi connectivity index (χ0v) is 13.4. The van der Waals surface area contributed by atoms with Gasteiger partial charge in [0.05, 0.1) is 5.56 Å². The molecule has 0 saturated carbocycles. The number of anilines is 1. The molecule has 1 aromatic carbocycles. The summed E-state index contributed by atoms with van der Waals surface area (Å²) in [5.74, 6) is -0.558. The van der Waals surface area contributed by atoms with Crippen molar-refractivity contribution < 1.29 is 9.90 Å². The van der Waals surface area contributed by atoms with E-state index < -0.39 is 5.91 Å². The number of nitrogens with one attached hydrogen (secondary N) is 1. The Bertz CT molecular complexity index is 823. The van der Waals surface area contributed by atoms with Crippen LogP contribution in [0, 0.1) is 0 Å². The van der Waals surface area contributed by atoms with Gasteiger partial charge in [-0.3, -0.25) is 15.1 Å². The van der Waals surface area contributed by atoms with Crippen LogP contribution in [0.2, 0.25) is 0 Å². The first kappa shape index (κ1) is 14.6. The molecule has 110 valence electrons. The second-order valence-electron chi connectivity index (χ2n) is 4.24. The maximum Gasteiger partial charge on any atom is 0.261 e.